The minimum absolute atomic E-state index is 0.176. The van der Waals surface area contributed by atoms with Gasteiger partial charge in [0.25, 0.3) is 5.91 Å². The van der Waals surface area contributed by atoms with E-state index in [2.05, 4.69) is 42.7 Å². The summed E-state index contributed by atoms with van der Waals surface area (Å²) in [6.45, 7) is 1.52. The van der Waals surface area contributed by atoms with Crippen LogP contribution in [-0.4, -0.2) is 18.4 Å². The van der Waals surface area contributed by atoms with Gasteiger partial charge in [-0.1, -0.05) is 22.9 Å². The Morgan fingerprint density at radius 2 is 1.89 bits per heavy atom. The molecule has 5 nitrogen and oxygen atoms in total. The third-order valence-electron chi connectivity index (χ3n) is 1.92. The van der Waals surface area contributed by atoms with Gasteiger partial charge in [-0.2, -0.15) is 0 Å². The van der Waals surface area contributed by atoms with E-state index in [9.17, 15) is 9.59 Å². The Bertz CT molecular complexity index is 452. The molecule has 2 N–H and O–H groups in total. The molecule has 0 saturated carbocycles. The molecule has 0 heterocycles. The Balaban J connectivity index is 2.40. The second kappa shape index (κ2) is 7.38. The molecule has 7 heteroatoms. The molecule has 98 valence electrons. The maximum absolute atomic E-state index is 11.3. The van der Waals surface area contributed by atoms with Crippen molar-refractivity contribution in [3.05, 3.63) is 27.1 Å². The van der Waals surface area contributed by atoms with Crippen LogP contribution in [0.2, 0.25) is 0 Å². The molecule has 0 atom stereocenters. The van der Waals surface area contributed by atoms with E-state index >= 15 is 0 Å². The van der Waals surface area contributed by atoms with Crippen molar-refractivity contribution in [2.45, 2.75) is 13.3 Å². The largest absolute Gasteiger partial charge is 0.483 e. The van der Waals surface area contributed by atoms with Crippen LogP contribution < -0.4 is 15.6 Å². The quantitative estimate of drug-likeness (QED) is 0.787. The first kappa shape index (κ1) is 15.0. The Kier molecular flexibility index (Phi) is 6.14. The highest BCUT2D eigenvalue weighted by Crippen LogP contribution is 2.27. The molecular weight excluding hydrogens is 368 g/mol. The van der Waals surface area contributed by atoms with Gasteiger partial charge in [-0.25, -0.2) is 0 Å². The van der Waals surface area contributed by atoms with Crippen LogP contribution in [0.15, 0.2) is 27.1 Å². The van der Waals surface area contributed by atoms with Crippen LogP contribution in [0, 0.1) is 0 Å². The molecule has 1 aromatic carbocycles. The lowest BCUT2D eigenvalue weighted by Gasteiger charge is -2.09. The predicted octanol–water partition coefficient (Wildman–Crippen LogP) is 2.15. The van der Waals surface area contributed by atoms with Gasteiger partial charge in [-0.05, 0) is 34.1 Å². The summed E-state index contributed by atoms with van der Waals surface area (Å²) < 4.78 is 6.93. The molecule has 0 saturated heterocycles. The summed E-state index contributed by atoms with van der Waals surface area (Å²) in [5.41, 5.74) is 4.50. The predicted molar refractivity (Wildman–Crippen MR) is 73.9 cm³/mol. The van der Waals surface area contributed by atoms with Gasteiger partial charge in [0.1, 0.15) is 5.75 Å². The maximum Gasteiger partial charge on any atom is 0.276 e. The Morgan fingerprint density at radius 1 is 1.22 bits per heavy atom. The van der Waals surface area contributed by atoms with E-state index < -0.39 is 5.91 Å². The van der Waals surface area contributed by atoms with Crippen molar-refractivity contribution in [1.82, 2.24) is 10.9 Å². The molecule has 0 radical (unpaired) electrons. The summed E-state index contributed by atoms with van der Waals surface area (Å²) in [5, 5.41) is 0. The highest BCUT2D eigenvalue weighted by Gasteiger charge is 2.06. The number of ether oxygens (including phenoxy) is 1. The minimum Gasteiger partial charge on any atom is -0.483 e. The second-order valence-corrected chi connectivity index (χ2v) is 5.08. The fourth-order valence-corrected chi connectivity index (χ4v) is 2.16. The van der Waals surface area contributed by atoms with Gasteiger partial charge in [0.15, 0.2) is 6.61 Å². The maximum atomic E-state index is 11.3. The molecule has 0 aliphatic heterocycles. The van der Waals surface area contributed by atoms with Crippen LogP contribution in [-0.2, 0) is 9.59 Å². The number of hydrogen-bond donors (Lipinski definition) is 2. The van der Waals surface area contributed by atoms with Crippen molar-refractivity contribution >= 4 is 43.7 Å². The van der Waals surface area contributed by atoms with Gasteiger partial charge < -0.3 is 4.74 Å². The number of hydrogen-bond acceptors (Lipinski definition) is 3. The molecule has 0 aromatic heterocycles. The van der Waals surface area contributed by atoms with Crippen LogP contribution in [0.4, 0.5) is 0 Å². The number of amides is 2. The highest BCUT2D eigenvalue weighted by molar-refractivity contribution is 9.11. The third kappa shape index (κ3) is 5.05. The SMILES string of the molecule is CCC(=O)NNC(=O)COc1ccc(Br)cc1Br. The second-order valence-electron chi connectivity index (χ2n) is 3.31. The van der Waals surface area contributed by atoms with E-state index in [0.29, 0.717) is 12.2 Å². The van der Waals surface area contributed by atoms with Crippen LogP contribution >= 0.6 is 31.9 Å². The smallest absolute Gasteiger partial charge is 0.276 e. The lowest BCUT2D eigenvalue weighted by atomic mass is 10.3. The van der Waals surface area contributed by atoms with Crippen molar-refractivity contribution in [2.75, 3.05) is 6.61 Å². The summed E-state index contributed by atoms with van der Waals surface area (Å²) >= 11 is 6.63. The molecule has 0 unspecified atom stereocenters. The first-order valence-corrected chi connectivity index (χ1v) is 6.77. The molecule has 1 aromatic rings. The summed E-state index contributed by atoms with van der Waals surface area (Å²) in [6, 6.07) is 5.34. The van der Waals surface area contributed by atoms with Gasteiger partial charge in [0.2, 0.25) is 5.91 Å². The zero-order valence-electron chi connectivity index (χ0n) is 9.63. The van der Waals surface area contributed by atoms with E-state index in [4.69, 9.17) is 4.74 Å². The topological polar surface area (TPSA) is 67.4 Å². The first-order chi connectivity index (χ1) is 8.52. The highest BCUT2D eigenvalue weighted by atomic mass is 79.9. The monoisotopic (exact) mass is 378 g/mol. The minimum atomic E-state index is -0.424. The summed E-state index contributed by atoms with van der Waals surface area (Å²) in [4.78, 5) is 22.2. The Hall–Kier alpha value is -1.08. The van der Waals surface area contributed by atoms with Crippen LogP contribution in [0.5, 0.6) is 5.75 Å². The summed E-state index contributed by atoms with van der Waals surface area (Å²) in [7, 11) is 0. The number of carbonyl (C=O) groups is 2. The van der Waals surface area contributed by atoms with Gasteiger partial charge in [-0.3, -0.25) is 20.4 Å². The Morgan fingerprint density at radius 3 is 2.50 bits per heavy atom. The van der Waals surface area contributed by atoms with Crippen molar-refractivity contribution in [3.63, 3.8) is 0 Å². The summed E-state index contributed by atoms with van der Waals surface area (Å²) in [5.74, 6) is -0.130. The van der Waals surface area contributed by atoms with Gasteiger partial charge in [0.05, 0.1) is 4.47 Å². The molecule has 18 heavy (non-hydrogen) atoms. The molecule has 0 fully saturated rings. The van der Waals surface area contributed by atoms with E-state index in [0.717, 1.165) is 8.95 Å². The average Bonchev–Trinajstić information content (AvgIpc) is 2.34. The molecule has 0 spiro atoms. The van der Waals surface area contributed by atoms with Gasteiger partial charge >= 0.3 is 0 Å². The number of carbonyl (C=O) groups excluding carboxylic acids is 2. The van der Waals surface area contributed by atoms with Gasteiger partial charge in [0, 0.05) is 10.9 Å². The molecular formula is C11H12Br2N2O3. The third-order valence-corrected chi connectivity index (χ3v) is 3.03. The first-order valence-electron chi connectivity index (χ1n) is 5.18. The van der Waals surface area contributed by atoms with E-state index in [-0.39, 0.29) is 12.5 Å². The number of nitrogens with one attached hydrogen (secondary N) is 2. The average molecular weight is 380 g/mol. The molecule has 0 aliphatic carbocycles. The molecule has 1 rings (SSSR count). The molecule has 0 aliphatic rings. The standard InChI is InChI=1S/C11H12Br2N2O3/c1-2-10(16)14-15-11(17)6-18-9-4-3-7(12)5-8(9)13/h3-5H,2,6H2,1H3,(H,14,16)(H,15,17). The molecule has 2 amide bonds. The lowest BCUT2D eigenvalue weighted by Crippen LogP contribution is -2.43. The Labute approximate surface area is 121 Å². The van der Waals surface area contributed by atoms with E-state index in [1.54, 1.807) is 19.1 Å². The van der Waals surface area contributed by atoms with Crippen LogP contribution in [0.3, 0.4) is 0 Å². The van der Waals surface area contributed by atoms with Crippen molar-refractivity contribution in [1.29, 1.82) is 0 Å². The normalized spacial score (nSPS) is 9.72. The zero-order valence-corrected chi connectivity index (χ0v) is 12.8. The number of halogens is 2. The van der Waals surface area contributed by atoms with Crippen molar-refractivity contribution in [3.8, 4) is 5.75 Å². The summed E-state index contributed by atoms with van der Waals surface area (Å²) in [6.07, 6.45) is 0.305. The van der Waals surface area contributed by atoms with Gasteiger partial charge in [-0.15, -0.1) is 0 Å². The zero-order chi connectivity index (χ0) is 13.5. The lowest BCUT2D eigenvalue weighted by molar-refractivity contribution is -0.129. The van der Waals surface area contributed by atoms with E-state index in [1.165, 1.54) is 0 Å². The fourth-order valence-electron chi connectivity index (χ4n) is 0.999. The number of rotatable bonds is 4. The fraction of sp³-hybridized carbons (Fsp3) is 0.273. The number of benzene rings is 1. The van der Waals surface area contributed by atoms with Crippen LogP contribution in [0.25, 0.3) is 0 Å². The number of hydrazine groups is 1. The van der Waals surface area contributed by atoms with E-state index in [1.807, 2.05) is 6.07 Å². The van der Waals surface area contributed by atoms with Crippen LogP contribution in [0.1, 0.15) is 13.3 Å². The molecule has 0 bridgehead atoms. The van der Waals surface area contributed by atoms with Crippen molar-refractivity contribution < 1.29 is 14.3 Å². The van der Waals surface area contributed by atoms with Crippen molar-refractivity contribution in [2.24, 2.45) is 0 Å².